The first-order valence-corrected chi connectivity index (χ1v) is 8.82. The van der Waals surface area contributed by atoms with E-state index in [0.29, 0.717) is 10.6 Å². The van der Waals surface area contributed by atoms with Crippen LogP contribution in [0.5, 0.6) is 0 Å². The second-order valence-electron chi connectivity index (χ2n) is 5.74. The predicted octanol–water partition coefficient (Wildman–Crippen LogP) is 4.15. The fourth-order valence-electron chi connectivity index (χ4n) is 2.37. The van der Waals surface area contributed by atoms with Crippen LogP contribution in [0.15, 0.2) is 91.0 Å². The molecule has 3 aromatic rings. The molecule has 0 atom stereocenters. The van der Waals surface area contributed by atoms with E-state index in [1.54, 1.807) is 30.3 Å². The van der Waals surface area contributed by atoms with Gasteiger partial charge in [0.15, 0.2) is 0 Å². The number of amides is 2. The van der Waals surface area contributed by atoms with Crippen molar-refractivity contribution in [2.24, 2.45) is 5.73 Å². The third-order valence-corrected chi connectivity index (χ3v) is 4.01. The summed E-state index contributed by atoms with van der Waals surface area (Å²) in [5.74, 6) is -0.819. The first-order valence-electron chi connectivity index (χ1n) is 8.44. The van der Waals surface area contributed by atoms with Crippen LogP contribution in [0.1, 0.15) is 15.9 Å². The molecule has 3 aromatic carbocycles. The smallest absolute Gasteiger partial charge is 0.254 e. The zero-order valence-corrected chi connectivity index (χ0v) is 15.5. The Balaban J connectivity index is 0.000000369. The average Bonchev–Trinajstić information content (AvgIpc) is 2.71. The number of carbonyl (C=O) groups excluding carboxylic acids is 2. The van der Waals surface area contributed by atoms with Gasteiger partial charge in [-0.05, 0) is 23.8 Å². The van der Waals surface area contributed by atoms with Crippen molar-refractivity contribution in [1.29, 1.82) is 0 Å². The number of primary amides is 1. The van der Waals surface area contributed by atoms with Crippen LogP contribution in [0.25, 0.3) is 0 Å². The van der Waals surface area contributed by atoms with Gasteiger partial charge in [0.1, 0.15) is 0 Å². The molecule has 2 N–H and O–H groups in total. The van der Waals surface area contributed by atoms with Gasteiger partial charge in [-0.25, -0.2) is 0 Å². The van der Waals surface area contributed by atoms with Crippen LogP contribution in [0.4, 0.5) is 0 Å². The third-order valence-electron chi connectivity index (χ3n) is 3.64. The van der Waals surface area contributed by atoms with Crippen LogP contribution in [-0.2, 0) is 11.3 Å². The van der Waals surface area contributed by atoms with Crippen molar-refractivity contribution in [3.05, 3.63) is 107 Å². The molecule has 2 amide bonds. The van der Waals surface area contributed by atoms with Crippen LogP contribution >= 0.6 is 11.6 Å². The number of nitrogens with two attached hydrogens (primary N) is 1. The second kappa shape index (κ2) is 10.8. The molecule has 3 rings (SSSR count). The minimum Gasteiger partial charge on any atom is -0.368 e. The normalized spacial score (nSPS) is 9.67. The SMILES string of the molecule is NC(=O)CN(Cc1ccccc1Cl)C(=O)c1ccccc1.c1ccccc1. The number of carbonyl (C=O) groups is 2. The summed E-state index contributed by atoms with van der Waals surface area (Å²) in [7, 11) is 0. The van der Waals surface area contributed by atoms with Crippen molar-refractivity contribution in [3.63, 3.8) is 0 Å². The number of hydrogen-bond acceptors (Lipinski definition) is 2. The summed E-state index contributed by atoms with van der Waals surface area (Å²) in [5.41, 5.74) is 6.51. The first kappa shape index (κ1) is 20.2. The van der Waals surface area contributed by atoms with Crippen molar-refractivity contribution in [3.8, 4) is 0 Å². The van der Waals surface area contributed by atoms with E-state index < -0.39 is 5.91 Å². The number of hydrogen-bond donors (Lipinski definition) is 1. The maximum absolute atomic E-state index is 12.5. The van der Waals surface area contributed by atoms with Crippen LogP contribution in [-0.4, -0.2) is 23.3 Å². The summed E-state index contributed by atoms with van der Waals surface area (Å²) in [5, 5.41) is 0.549. The minimum atomic E-state index is -0.564. The van der Waals surface area contributed by atoms with Crippen LogP contribution < -0.4 is 5.73 Å². The Morgan fingerprint density at radius 3 is 1.78 bits per heavy atom. The van der Waals surface area contributed by atoms with E-state index in [4.69, 9.17) is 17.3 Å². The molecule has 0 aliphatic rings. The predicted molar refractivity (Wildman–Crippen MR) is 108 cm³/mol. The van der Waals surface area contributed by atoms with Gasteiger partial charge in [0.05, 0.1) is 6.54 Å². The van der Waals surface area contributed by atoms with Gasteiger partial charge in [0, 0.05) is 17.1 Å². The standard InChI is InChI=1S/C16H15ClN2O2.C6H6/c17-14-9-5-4-8-13(14)10-19(11-15(18)20)16(21)12-6-2-1-3-7-12;1-2-4-6-5-3-1/h1-9H,10-11H2,(H2,18,20);1-6H. The molecule has 0 saturated carbocycles. The quantitative estimate of drug-likeness (QED) is 0.722. The van der Waals surface area contributed by atoms with Gasteiger partial charge in [0.25, 0.3) is 5.91 Å². The summed E-state index contributed by atoms with van der Waals surface area (Å²) in [4.78, 5) is 25.1. The molecular formula is C22H21ClN2O2. The van der Waals surface area contributed by atoms with Crippen molar-refractivity contribution < 1.29 is 9.59 Å². The molecule has 0 bridgehead atoms. The van der Waals surface area contributed by atoms with Gasteiger partial charge in [-0.3, -0.25) is 9.59 Å². The molecule has 0 aromatic heterocycles. The van der Waals surface area contributed by atoms with E-state index in [1.165, 1.54) is 4.90 Å². The van der Waals surface area contributed by atoms with Gasteiger partial charge in [-0.15, -0.1) is 0 Å². The highest BCUT2D eigenvalue weighted by Crippen LogP contribution is 2.18. The lowest BCUT2D eigenvalue weighted by Gasteiger charge is -2.22. The molecule has 138 valence electrons. The maximum Gasteiger partial charge on any atom is 0.254 e. The summed E-state index contributed by atoms with van der Waals surface area (Å²) in [6.07, 6.45) is 0. The van der Waals surface area contributed by atoms with Gasteiger partial charge >= 0.3 is 0 Å². The van der Waals surface area contributed by atoms with Gasteiger partial charge in [-0.2, -0.15) is 0 Å². The van der Waals surface area contributed by atoms with Crippen molar-refractivity contribution in [2.75, 3.05) is 6.54 Å². The molecule has 5 heteroatoms. The molecule has 0 fully saturated rings. The van der Waals surface area contributed by atoms with E-state index in [0.717, 1.165) is 5.56 Å². The number of rotatable bonds is 5. The molecule has 4 nitrogen and oxygen atoms in total. The zero-order chi connectivity index (χ0) is 19.5. The highest BCUT2D eigenvalue weighted by Gasteiger charge is 2.18. The summed E-state index contributed by atoms with van der Waals surface area (Å²) in [6.45, 7) is 0.0787. The summed E-state index contributed by atoms with van der Waals surface area (Å²) < 4.78 is 0. The highest BCUT2D eigenvalue weighted by molar-refractivity contribution is 6.31. The van der Waals surface area contributed by atoms with Crippen molar-refractivity contribution >= 4 is 23.4 Å². The summed E-state index contributed by atoms with van der Waals surface area (Å²) in [6, 6.07) is 28.0. The molecule has 0 saturated heterocycles. The number of benzene rings is 3. The number of halogens is 1. The van der Waals surface area contributed by atoms with Crippen LogP contribution in [0.2, 0.25) is 5.02 Å². The Bertz CT molecular complexity index is 828. The number of nitrogens with zero attached hydrogens (tertiary/aromatic N) is 1. The Morgan fingerprint density at radius 2 is 1.26 bits per heavy atom. The molecule has 0 heterocycles. The van der Waals surface area contributed by atoms with Crippen molar-refractivity contribution in [2.45, 2.75) is 6.54 Å². The molecule has 0 unspecified atom stereocenters. The fourth-order valence-corrected chi connectivity index (χ4v) is 2.56. The molecular weight excluding hydrogens is 360 g/mol. The van der Waals surface area contributed by atoms with Gasteiger partial charge < -0.3 is 10.6 Å². The lowest BCUT2D eigenvalue weighted by molar-refractivity contribution is -0.118. The molecule has 0 aliphatic carbocycles. The second-order valence-corrected chi connectivity index (χ2v) is 6.15. The average molecular weight is 381 g/mol. The Kier molecular flexibility index (Phi) is 8.07. The molecule has 0 radical (unpaired) electrons. The van der Waals surface area contributed by atoms with Crippen LogP contribution in [0, 0.1) is 0 Å². The Morgan fingerprint density at radius 1 is 0.778 bits per heavy atom. The lowest BCUT2D eigenvalue weighted by Crippen LogP contribution is -2.38. The van der Waals surface area contributed by atoms with E-state index in [1.807, 2.05) is 60.7 Å². The molecule has 27 heavy (non-hydrogen) atoms. The minimum absolute atomic E-state index is 0.154. The first-order chi connectivity index (χ1) is 13.1. The lowest BCUT2D eigenvalue weighted by atomic mass is 10.1. The van der Waals surface area contributed by atoms with Gasteiger partial charge in [0.2, 0.25) is 5.91 Å². The largest absolute Gasteiger partial charge is 0.368 e. The summed E-state index contributed by atoms with van der Waals surface area (Å²) >= 11 is 6.10. The molecule has 0 spiro atoms. The maximum atomic E-state index is 12.5. The third kappa shape index (κ3) is 6.96. The Labute approximate surface area is 164 Å². The van der Waals surface area contributed by atoms with Crippen molar-refractivity contribution in [1.82, 2.24) is 4.90 Å². The van der Waals surface area contributed by atoms with E-state index in [-0.39, 0.29) is 19.0 Å². The van der Waals surface area contributed by atoms with E-state index in [9.17, 15) is 9.59 Å². The fraction of sp³-hybridized carbons (Fsp3) is 0.0909. The zero-order valence-electron chi connectivity index (χ0n) is 14.8. The topological polar surface area (TPSA) is 63.4 Å². The Hall–Kier alpha value is -3.11. The van der Waals surface area contributed by atoms with E-state index >= 15 is 0 Å². The van der Waals surface area contributed by atoms with Crippen LogP contribution in [0.3, 0.4) is 0 Å². The monoisotopic (exact) mass is 380 g/mol. The van der Waals surface area contributed by atoms with Gasteiger partial charge in [-0.1, -0.05) is 84.4 Å². The van der Waals surface area contributed by atoms with E-state index in [2.05, 4.69) is 0 Å². The molecule has 0 aliphatic heterocycles. The highest BCUT2D eigenvalue weighted by atomic mass is 35.5.